The normalized spacial score (nSPS) is 12.5. The van der Waals surface area contributed by atoms with Crippen LogP contribution in [0.3, 0.4) is 0 Å². The highest BCUT2D eigenvalue weighted by atomic mass is 32.1. The molecule has 13 heteroatoms. The van der Waals surface area contributed by atoms with Crippen LogP contribution in [0, 0.1) is 20.8 Å². The van der Waals surface area contributed by atoms with Crippen molar-refractivity contribution in [1.82, 2.24) is 29.8 Å². The number of nitrogens with one attached hydrogen (secondary N) is 1. The van der Waals surface area contributed by atoms with Gasteiger partial charge >= 0.3 is 0 Å². The lowest BCUT2D eigenvalue weighted by Gasteiger charge is -2.16. The number of halogens is 2. The summed E-state index contributed by atoms with van der Waals surface area (Å²) in [6.07, 6.45) is 1.41. The van der Waals surface area contributed by atoms with Crippen LogP contribution >= 0.6 is 11.3 Å². The van der Waals surface area contributed by atoms with Crippen molar-refractivity contribution in [3.8, 4) is 16.9 Å². The predicted octanol–water partition coefficient (Wildman–Crippen LogP) is 4.67. The van der Waals surface area contributed by atoms with Gasteiger partial charge in [0.15, 0.2) is 5.13 Å². The number of aromatic nitrogens is 5. The number of thiazole rings is 1. The van der Waals surface area contributed by atoms with Crippen LogP contribution in [0.2, 0.25) is 0 Å². The summed E-state index contributed by atoms with van der Waals surface area (Å²) in [5.41, 5.74) is 3.17. The summed E-state index contributed by atoms with van der Waals surface area (Å²) < 4.78 is 32.1. The van der Waals surface area contributed by atoms with Crippen LogP contribution in [0.15, 0.2) is 30.7 Å². The molecule has 0 unspecified atom stereocenters. The zero-order valence-corrected chi connectivity index (χ0v) is 22.3. The van der Waals surface area contributed by atoms with Crippen molar-refractivity contribution in [3.63, 3.8) is 0 Å². The fourth-order valence-electron chi connectivity index (χ4n) is 4.21. The molecule has 4 aromatic rings. The Hall–Kier alpha value is -4.39. The topological polar surface area (TPSA) is 123 Å². The maximum absolute atomic E-state index is 13.4. The van der Waals surface area contributed by atoms with Crippen molar-refractivity contribution in [2.24, 2.45) is 0 Å². The Labute approximate surface area is 226 Å². The van der Waals surface area contributed by atoms with Gasteiger partial charge < -0.3 is 9.64 Å². The van der Waals surface area contributed by atoms with E-state index in [9.17, 15) is 18.4 Å². The SMILES string of the molecule is COc1cnc(C(F)F)cc1-c1cc(C)ncc1C(=O)Nc1nc2c(s1)CN(C(=O)c1nc(C)cnc1C)C2. The van der Waals surface area contributed by atoms with Crippen molar-refractivity contribution in [2.75, 3.05) is 12.4 Å². The molecule has 0 aromatic carbocycles. The van der Waals surface area contributed by atoms with E-state index in [0.29, 0.717) is 51.3 Å². The van der Waals surface area contributed by atoms with Gasteiger partial charge in [-0.2, -0.15) is 0 Å². The van der Waals surface area contributed by atoms with Crippen LogP contribution in [0.4, 0.5) is 13.9 Å². The third-order valence-corrected chi connectivity index (χ3v) is 7.14. The molecular formula is C26H23F2N7O3S. The van der Waals surface area contributed by atoms with Gasteiger partial charge in [0.25, 0.3) is 18.2 Å². The van der Waals surface area contributed by atoms with E-state index < -0.39 is 18.0 Å². The molecule has 0 atom stereocenters. The number of ether oxygens (including phenoxy) is 1. The first-order valence-corrected chi connectivity index (χ1v) is 12.6. The van der Waals surface area contributed by atoms with Crippen molar-refractivity contribution >= 4 is 28.3 Å². The Morgan fingerprint density at radius 1 is 1.00 bits per heavy atom. The second-order valence-corrected chi connectivity index (χ2v) is 10.0. The van der Waals surface area contributed by atoms with E-state index in [2.05, 4.69) is 30.2 Å². The number of hydrogen-bond acceptors (Lipinski definition) is 9. The molecule has 0 spiro atoms. The van der Waals surface area contributed by atoms with E-state index in [4.69, 9.17) is 4.74 Å². The van der Waals surface area contributed by atoms with Gasteiger partial charge in [-0.3, -0.25) is 29.9 Å². The number of anilines is 1. The fourth-order valence-corrected chi connectivity index (χ4v) is 5.19. The summed E-state index contributed by atoms with van der Waals surface area (Å²) in [7, 11) is 1.40. The Kier molecular flexibility index (Phi) is 7.00. The van der Waals surface area contributed by atoms with Crippen molar-refractivity contribution in [2.45, 2.75) is 40.3 Å². The number of hydrogen-bond donors (Lipinski definition) is 1. The minimum Gasteiger partial charge on any atom is -0.494 e. The van der Waals surface area contributed by atoms with Gasteiger partial charge in [0.2, 0.25) is 0 Å². The Morgan fingerprint density at radius 2 is 1.79 bits per heavy atom. The number of nitrogens with zero attached hydrogens (tertiary/aromatic N) is 6. The molecule has 0 saturated heterocycles. The lowest BCUT2D eigenvalue weighted by atomic mass is 9.99. The van der Waals surface area contributed by atoms with Gasteiger partial charge in [-0.25, -0.2) is 18.7 Å². The van der Waals surface area contributed by atoms with Gasteiger partial charge in [0.1, 0.15) is 17.1 Å². The average Bonchev–Trinajstić information content (AvgIpc) is 3.48. The Bertz CT molecular complexity index is 1590. The molecule has 39 heavy (non-hydrogen) atoms. The first-order chi connectivity index (χ1) is 18.6. The molecule has 4 aromatic heterocycles. The molecule has 200 valence electrons. The van der Waals surface area contributed by atoms with E-state index in [-0.39, 0.29) is 23.8 Å². The fraction of sp³-hybridized carbons (Fsp3) is 0.269. The Balaban J connectivity index is 1.38. The van der Waals surface area contributed by atoms with Crippen LogP contribution in [0.5, 0.6) is 5.75 Å². The first kappa shape index (κ1) is 26.2. The summed E-state index contributed by atoms with van der Waals surface area (Å²) in [5.74, 6) is -0.504. The van der Waals surface area contributed by atoms with Crippen LogP contribution in [-0.4, -0.2) is 48.7 Å². The zero-order valence-electron chi connectivity index (χ0n) is 21.5. The zero-order chi connectivity index (χ0) is 27.8. The summed E-state index contributed by atoms with van der Waals surface area (Å²) in [6.45, 7) is 5.85. The molecule has 0 aliphatic carbocycles. The number of methoxy groups -OCH3 is 1. The molecule has 5 heterocycles. The standard InChI is InChI=1S/C26H23F2N7O3S/c1-12-5-15(16-6-18(23(27)28)31-9-20(16)38-4)17(8-29-12)24(36)34-26-33-19-10-35(11-21(19)39-26)25(37)22-14(3)30-7-13(2)32-22/h5-9,23H,10-11H2,1-4H3,(H,33,34,36). The first-order valence-electron chi connectivity index (χ1n) is 11.8. The molecular weight excluding hydrogens is 528 g/mol. The number of alkyl halides is 2. The van der Waals surface area contributed by atoms with Gasteiger partial charge in [0.05, 0.1) is 53.9 Å². The summed E-state index contributed by atoms with van der Waals surface area (Å²) >= 11 is 1.26. The van der Waals surface area contributed by atoms with E-state index in [0.717, 1.165) is 4.88 Å². The largest absolute Gasteiger partial charge is 0.494 e. The third-order valence-electron chi connectivity index (χ3n) is 6.15. The molecule has 0 fully saturated rings. The van der Waals surface area contributed by atoms with E-state index in [1.807, 2.05) is 0 Å². The number of aryl methyl sites for hydroxylation is 3. The lowest BCUT2D eigenvalue weighted by molar-refractivity contribution is 0.0743. The second-order valence-electron chi connectivity index (χ2n) is 8.93. The smallest absolute Gasteiger partial charge is 0.280 e. The van der Waals surface area contributed by atoms with Gasteiger partial charge in [-0.1, -0.05) is 11.3 Å². The van der Waals surface area contributed by atoms with Crippen LogP contribution in [-0.2, 0) is 13.1 Å². The maximum Gasteiger partial charge on any atom is 0.280 e. The highest BCUT2D eigenvalue weighted by molar-refractivity contribution is 7.16. The molecule has 5 rings (SSSR count). The van der Waals surface area contributed by atoms with E-state index in [1.165, 1.54) is 36.9 Å². The molecule has 1 N–H and O–H groups in total. The second kappa shape index (κ2) is 10.4. The molecule has 0 saturated carbocycles. The van der Waals surface area contributed by atoms with Crippen LogP contribution in [0.25, 0.3) is 11.1 Å². The predicted molar refractivity (Wildman–Crippen MR) is 139 cm³/mol. The number of rotatable bonds is 6. The lowest BCUT2D eigenvalue weighted by Crippen LogP contribution is -2.27. The van der Waals surface area contributed by atoms with Gasteiger partial charge in [-0.15, -0.1) is 0 Å². The maximum atomic E-state index is 13.4. The van der Waals surface area contributed by atoms with Gasteiger partial charge in [0, 0.05) is 29.2 Å². The summed E-state index contributed by atoms with van der Waals surface area (Å²) in [6, 6.07) is 2.84. The van der Waals surface area contributed by atoms with Crippen molar-refractivity contribution in [3.05, 3.63) is 75.3 Å². The van der Waals surface area contributed by atoms with E-state index >= 15 is 0 Å². The minimum absolute atomic E-state index is 0.158. The molecule has 2 amide bonds. The number of carbonyl (C=O) groups is 2. The number of carbonyl (C=O) groups excluding carboxylic acids is 2. The molecule has 0 bridgehead atoms. The highest BCUT2D eigenvalue weighted by Crippen LogP contribution is 2.36. The summed E-state index contributed by atoms with van der Waals surface area (Å²) in [5, 5.41) is 3.13. The molecule has 1 aliphatic rings. The quantitative estimate of drug-likeness (QED) is 0.367. The van der Waals surface area contributed by atoms with Crippen molar-refractivity contribution < 1.29 is 23.1 Å². The monoisotopic (exact) mass is 551 g/mol. The average molecular weight is 552 g/mol. The highest BCUT2D eigenvalue weighted by Gasteiger charge is 2.30. The number of amides is 2. The number of fused-ring (bicyclic) bond motifs is 1. The molecule has 10 nitrogen and oxygen atoms in total. The van der Waals surface area contributed by atoms with Gasteiger partial charge in [-0.05, 0) is 32.9 Å². The van der Waals surface area contributed by atoms with E-state index in [1.54, 1.807) is 37.9 Å². The number of pyridine rings is 2. The van der Waals surface area contributed by atoms with Crippen LogP contribution in [0.1, 0.15) is 60.6 Å². The minimum atomic E-state index is -2.79. The van der Waals surface area contributed by atoms with Crippen LogP contribution < -0.4 is 10.1 Å². The molecule has 1 aliphatic heterocycles. The summed E-state index contributed by atoms with van der Waals surface area (Å²) in [4.78, 5) is 49.8. The molecule has 0 radical (unpaired) electrons. The third kappa shape index (κ3) is 5.17. The van der Waals surface area contributed by atoms with Crippen molar-refractivity contribution in [1.29, 1.82) is 0 Å². The Morgan fingerprint density at radius 3 is 2.51 bits per heavy atom.